The van der Waals surface area contributed by atoms with Gasteiger partial charge in [0.05, 0.1) is 45.3 Å². The molecule has 15 nitrogen and oxygen atoms in total. The number of nitrogens with zero attached hydrogens (tertiary/aromatic N) is 6. The van der Waals surface area contributed by atoms with E-state index in [1.807, 2.05) is 0 Å². The standard InChI is InChI=1S/C46H50ClF10N7O8S2/c1-24-25(2)45(53,54)40-35(24)39(46(55,56)57)60-62(40)22-34(66)59-33(20-26-18-27(48)21-28(49)19-26)37-30(11-10-29(58-37)14-15-43(3,4)73(5,68)69)31-12-13-32(47)36-38(31)63(23-44(50,51)52)61-41(36)64(74(6,70)71)42(67)72-17-9-7-8-16-65/h10-13,18-19,21,24-25,33,65H,7-9,14-17,20,22-23H2,1-6H3,(H,59,66)/t24-,25+,33-/m0/s1. The van der Waals surface area contributed by atoms with E-state index in [0.717, 1.165) is 44.4 Å². The van der Waals surface area contributed by atoms with Gasteiger partial charge in [0, 0.05) is 47.2 Å². The maximum absolute atomic E-state index is 15.8. The molecule has 3 atom stereocenters. The van der Waals surface area contributed by atoms with Crippen molar-refractivity contribution in [1.82, 2.24) is 29.9 Å². The number of sulfonamides is 1. The van der Waals surface area contributed by atoms with Crippen molar-refractivity contribution in [2.45, 2.75) is 114 Å². The van der Waals surface area contributed by atoms with E-state index in [1.54, 1.807) is 0 Å². The Morgan fingerprint density at radius 3 is 2.14 bits per heavy atom. The van der Waals surface area contributed by atoms with E-state index in [4.69, 9.17) is 26.4 Å². The molecule has 0 spiro atoms. The van der Waals surface area contributed by atoms with E-state index in [9.17, 15) is 61.5 Å². The molecule has 0 fully saturated rings. The van der Waals surface area contributed by atoms with Gasteiger partial charge in [-0.2, -0.15) is 49.6 Å². The Morgan fingerprint density at radius 1 is 0.919 bits per heavy atom. The highest BCUT2D eigenvalue weighted by atomic mass is 35.5. The Labute approximate surface area is 423 Å². The minimum absolute atomic E-state index is 0.0154. The summed E-state index contributed by atoms with van der Waals surface area (Å²) in [6.07, 6.45) is -10.7. The van der Waals surface area contributed by atoms with Gasteiger partial charge in [0.25, 0.3) is 5.92 Å². The van der Waals surface area contributed by atoms with Gasteiger partial charge in [-0.05, 0) is 88.1 Å². The van der Waals surface area contributed by atoms with Crippen molar-refractivity contribution in [3.8, 4) is 11.1 Å². The summed E-state index contributed by atoms with van der Waals surface area (Å²) < 4.78 is 204. The zero-order valence-electron chi connectivity index (χ0n) is 40.3. The molecule has 3 heterocycles. The number of hydrogen-bond acceptors (Lipinski definition) is 11. The maximum atomic E-state index is 15.8. The number of aryl methyl sites for hydroxylation is 1. The van der Waals surface area contributed by atoms with Crippen LogP contribution < -0.4 is 9.62 Å². The molecular formula is C46H50ClF10N7O8S2. The first-order chi connectivity index (χ1) is 34.1. The number of sulfone groups is 1. The number of hydrogen-bond donors (Lipinski definition) is 2. The third kappa shape index (κ3) is 12.4. The Kier molecular flexibility index (Phi) is 16.6. The number of carbonyl (C=O) groups excluding carboxylic acids is 2. The smallest absolute Gasteiger partial charge is 0.435 e. The molecular weight excluding hydrogens is 1070 g/mol. The molecule has 2 amide bonds. The molecule has 0 saturated heterocycles. The fourth-order valence-corrected chi connectivity index (χ4v) is 10.1. The highest BCUT2D eigenvalue weighted by Crippen LogP contribution is 2.55. The van der Waals surface area contributed by atoms with E-state index in [0.29, 0.717) is 25.2 Å². The maximum Gasteiger partial charge on any atom is 0.435 e. The van der Waals surface area contributed by atoms with Crippen LogP contribution in [-0.4, -0.2) is 95.1 Å². The van der Waals surface area contributed by atoms with Crippen molar-refractivity contribution < 1.29 is 80.2 Å². The molecule has 3 aromatic heterocycles. The zero-order valence-corrected chi connectivity index (χ0v) is 42.7. The van der Waals surface area contributed by atoms with Crippen LogP contribution in [0.2, 0.25) is 5.02 Å². The number of unbranched alkanes of at least 4 members (excludes halogenated alkanes) is 2. The molecule has 28 heteroatoms. The predicted octanol–water partition coefficient (Wildman–Crippen LogP) is 9.57. The monoisotopic (exact) mass is 1120 g/mol. The summed E-state index contributed by atoms with van der Waals surface area (Å²) in [5.41, 5.74) is -5.43. The first-order valence-corrected chi connectivity index (χ1v) is 26.7. The Hall–Kier alpha value is -5.54. The summed E-state index contributed by atoms with van der Waals surface area (Å²) in [6, 6.07) is 5.20. The lowest BCUT2D eigenvalue weighted by molar-refractivity contribution is -0.143. The molecule has 74 heavy (non-hydrogen) atoms. The number of fused-ring (bicyclic) bond motifs is 2. The second-order valence-electron chi connectivity index (χ2n) is 18.7. The van der Waals surface area contributed by atoms with E-state index in [2.05, 4.69) is 15.5 Å². The first kappa shape index (κ1) is 57.7. The van der Waals surface area contributed by atoms with Crippen molar-refractivity contribution in [1.29, 1.82) is 0 Å². The van der Waals surface area contributed by atoms with Crippen LogP contribution in [0.3, 0.4) is 0 Å². The van der Waals surface area contributed by atoms with Gasteiger partial charge in [-0.15, -0.1) is 0 Å². The van der Waals surface area contributed by atoms with Crippen molar-refractivity contribution in [3.63, 3.8) is 0 Å². The minimum atomic E-state index is -5.25. The van der Waals surface area contributed by atoms with Crippen LogP contribution in [0.1, 0.15) is 99.2 Å². The molecule has 2 aromatic carbocycles. The van der Waals surface area contributed by atoms with Crippen LogP contribution >= 0.6 is 11.6 Å². The van der Waals surface area contributed by atoms with Gasteiger partial charge in [0.15, 0.2) is 21.3 Å². The van der Waals surface area contributed by atoms with Crippen molar-refractivity contribution in [2.75, 3.05) is 30.0 Å². The second kappa shape index (κ2) is 21.2. The SMILES string of the molecule is C[C@@H]1c2c(C(F)(F)F)nn(CC(=O)N[C@@H](Cc3cc(F)cc(F)c3)c3nc(CCC(C)(C)S(C)(=O)=O)ccc3-c3ccc(Cl)c4c(N(C(=O)OCCCCCO)S(C)(=O)=O)nn(CC(F)(F)F)c34)c2C(F)(F)[C@@H]1C. The van der Waals surface area contributed by atoms with Crippen LogP contribution in [-0.2, 0) is 67.4 Å². The number of carbonyl (C=O) groups is 2. The number of halogens is 11. The van der Waals surface area contributed by atoms with Crippen LogP contribution in [0.5, 0.6) is 0 Å². The third-order valence-corrected chi connectivity index (χ3v) is 16.3. The molecule has 2 N–H and O–H groups in total. The number of alkyl halides is 8. The van der Waals surface area contributed by atoms with Gasteiger partial charge in [-0.3, -0.25) is 19.1 Å². The Morgan fingerprint density at radius 2 is 1.55 bits per heavy atom. The molecule has 0 aliphatic heterocycles. The summed E-state index contributed by atoms with van der Waals surface area (Å²) in [6.45, 7) is 1.10. The summed E-state index contributed by atoms with van der Waals surface area (Å²) in [5.74, 6) is -11.5. The van der Waals surface area contributed by atoms with Gasteiger partial charge < -0.3 is 15.2 Å². The quantitative estimate of drug-likeness (QED) is 0.0590. The van der Waals surface area contributed by atoms with Crippen LogP contribution in [0.25, 0.3) is 22.0 Å². The average molecular weight is 1120 g/mol. The van der Waals surface area contributed by atoms with Crippen LogP contribution in [0.4, 0.5) is 54.5 Å². The van der Waals surface area contributed by atoms with Crippen LogP contribution in [0, 0.1) is 17.6 Å². The summed E-state index contributed by atoms with van der Waals surface area (Å²) >= 11 is 6.65. The lowest BCUT2D eigenvalue weighted by Crippen LogP contribution is -2.37. The molecule has 1 aliphatic carbocycles. The Balaban J connectivity index is 1.61. The van der Waals surface area contributed by atoms with E-state index in [-0.39, 0.29) is 67.6 Å². The molecule has 0 bridgehead atoms. The van der Waals surface area contributed by atoms with Gasteiger partial charge in [0.1, 0.15) is 30.4 Å². The minimum Gasteiger partial charge on any atom is -0.448 e. The highest BCUT2D eigenvalue weighted by molar-refractivity contribution is 7.92. The van der Waals surface area contributed by atoms with Gasteiger partial charge >= 0.3 is 18.4 Å². The zero-order chi connectivity index (χ0) is 55.3. The number of rotatable bonds is 19. The van der Waals surface area contributed by atoms with Crippen molar-refractivity contribution in [2.24, 2.45) is 5.92 Å². The Bertz CT molecular complexity index is 3160. The largest absolute Gasteiger partial charge is 0.448 e. The number of aliphatic hydroxyl groups excluding tert-OH is 1. The summed E-state index contributed by atoms with van der Waals surface area (Å²) in [4.78, 5) is 32.5. The molecule has 0 saturated carbocycles. The molecule has 1 aliphatic rings. The highest BCUT2D eigenvalue weighted by Gasteiger charge is 2.57. The topological polar surface area (TPSA) is 196 Å². The summed E-state index contributed by atoms with van der Waals surface area (Å²) in [7, 11) is -8.56. The van der Waals surface area contributed by atoms with Gasteiger partial charge in [0.2, 0.25) is 15.9 Å². The lowest BCUT2D eigenvalue weighted by atomic mass is 9.93. The molecule has 0 unspecified atom stereocenters. The number of ether oxygens (including phenoxy) is 1. The number of aromatic nitrogens is 5. The van der Waals surface area contributed by atoms with E-state index in [1.165, 1.54) is 26.0 Å². The first-order valence-electron chi connectivity index (χ1n) is 22.6. The number of nitrogens with one attached hydrogen (secondary N) is 1. The van der Waals surface area contributed by atoms with Gasteiger partial charge in [-0.25, -0.2) is 30.4 Å². The van der Waals surface area contributed by atoms with Crippen molar-refractivity contribution in [3.05, 3.63) is 93.0 Å². The lowest BCUT2D eigenvalue weighted by Gasteiger charge is -2.25. The molecule has 5 aromatic rings. The number of benzene rings is 2. The number of amides is 2. The summed E-state index contributed by atoms with van der Waals surface area (Å²) in [5, 5.41) is 17.9. The number of anilines is 1. The molecule has 0 radical (unpaired) electrons. The second-order valence-corrected chi connectivity index (χ2v) is 23.6. The van der Waals surface area contributed by atoms with E-state index < -0.39 is 149 Å². The molecule has 6 rings (SSSR count). The van der Waals surface area contributed by atoms with Crippen LogP contribution in [0.15, 0.2) is 42.5 Å². The fraction of sp³-hybridized carbons (Fsp3) is 0.500. The van der Waals surface area contributed by atoms with Gasteiger partial charge in [-0.1, -0.05) is 37.6 Å². The normalized spacial score (nSPS) is 16.6. The van der Waals surface area contributed by atoms with E-state index >= 15 is 8.78 Å². The molecule has 406 valence electrons. The number of pyridine rings is 1. The van der Waals surface area contributed by atoms with Crippen molar-refractivity contribution >= 4 is 60.2 Å². The fourth-order valence-electron chi connectivity index (χ4n) is 8.58. The predicted molar refractivity (Wildman–Crippen MR) is 251 cm³/mol. The number of aliphatic hydroxyl groups is 1. The average Bonchev–Trinajstić information content (AvgIpc) is 3.87. The third-order valence-electron chi connectivity index (χ3n) is 12.8.